The maximum atomic E-state index is 13.1. The van der Waals surface area contributed by atoms with Crippen LogP contribution in [0.2, 0.25) is 0 Å². The molecule has 3 rings (SSSR count). The third kappa shape index (κ3) is 4.08. The van der Waals surface area contributed by atoms with Gasteiger partial charge in [-0.2, -0.15) is 23.3 Å². The average molecular weight is 384 g/mol. The standard InChI is InChI=1S/C16H16F4N6O/c17-4-6-26-13-3-1-2-12(10(13)8-23-26)24-15-22-9-11(16(18,19)20)14(25-15)21-5-7-27/h1-3,8-9,27H,4-7H2,(H2,21,22,24,25). The van der Waals surface area contributed by atoms with Crippen molar-refractivity contribution >= 4 is 28.4 Å². The number of aryl methyl sites for hydroxylation is 1. The van der Waals surface area contributed by atoms with Gasteiger partial charge in [0.25, 0.3) is 0 Å². The number of fused-ring (bicyclic) bond motifs is 1. The fourth-order valence-corrected chi connectivity index (χ4v) is 2.55. The van der Waals surface area contributed by atoms with Crippen LogP contribution in [-0.2, 0) is 12.7 Å². The Kier molecular flexibility index (Phi) is 5.40. The van der Waals surface area contributed by atoms with Crippen LogP contribution in [0.25, 0.3) is 10.9 Å². The van der Waals surface area contributed by atoms with Crippen LogP contribution in [0.5, 0.6) is 0 Å². The third-order valence-electron chi connectivity index (χ3n) is 3.73. The first-order valence-corrected chi connectivity index (χ1v) is 8.00. The van der Waals surface area contributed by atoms with Gasteiger partial charge in [0.15, 0.2) is 0 Å². The van der Waals surface area contributed by atoms with Crippen LogP contribution in [0, 0.1) is 0 Å². The van der Waals surface area contributed by atoms with Crippen molar-refractivity contribution in [3.8, 4) is 0 Å². The summed E-state index contributed by atoms with van der Waals surface area (Å²) in [5.41, 5.74) is 0.157. The highest BCUT2D eigenvalue weighted by Crippen LogP contribution is 2.34. The minimum atomic E-state index is -4.64. The molecule has 0 bridgehead atoms. The number of nitrogens with one attached hydrogen (secondary N) is 2. The number of halogens is 4. The molecule has 3 N–H and O–H groups in total. The zero-order valence-electron chi connectivity index (χ0n) is 14.0. The molecule has 11 heteroatoms. The molecule has 0 aliphatic rings. The lowest BCUT2D eigenvalue weighted by Crippen LogP contribution is -2.16. The van der Waals surface area contributed by atoms with Crippen LogP contribution in [0.1, 0.15) is 5.56 Å². The molecule has 2 heterocycles. The Morgan fingerprint density at radius 3 is 2.70 bits per heavy atom. The Balaban J connectivity index is 1.95. The van der Waals surface area contributed by atoms with E-state index in [0.717, 1.165) is 0 Å². The maximum Gasteiger partial charge on any atom is 0.421 e. The number of alkyl halides is 4. The van der Waals surface area contributed by atoms with Crippen molar-refractivity contribution in [2.45, 2.75) is 12.7 Å². The second-order valence-electron chi connectivity index (χ2n) is 5.52. The van der Waals surface area contributed by atoms with Crippen LogP contribution < -0.4 is 10.6 Å². The second-order valence-corrected chi connectivity index (χ2v) is 5.52. The number of aromatic nitrogens is 4. The highest BCUT2D eigenvalue weighted by atomic mass is 19.4. The van der Waals surface area contributed by atoms with Gasteiger partial charge in [-0.15, -0.1) is 0 Å². The molecule has 0 fully saturated rings. The first kappa shape index (κ1) is 18.8. The normalized spacial score (nSPS) is 11.7. The monoisotopic (exact) mass is 384 g/mol. The highest BCUT2D eigenvalue weighted by Gasteiger charge is 2.35. The predicted octanol–water partition coefficient (Wildman–Crippen LogP) is 2.96. The number of aliphatic hydroxyl groups is 1. The Labute approximate surface area is 151 Å². The van der Waals surface area contributed by atoms with Gasteiger partial charge in [0.05, 0.1) is 30.6 Å². The number of anilines is 3. The summed E-state index contributed by atoms with van der Waals surface area (Å²) in [6.45, 7) is -0.919. The summed E-state index contributed by atoms with van der Waals surface area (Å²) in [5.74, 6) is -0.497. The quantitative estimate of drug-likeness (QED) is 0.543. The van der Waals surface area contributed by atoms with E-state index in [1.165, 1.54) is 10.9 Å². The summed E-state index contributed by atoms with van der Waals surface area (Å²) in [6.07, 6.45) is -2.44. The highest BCUT2D eigenvalue weighted by molar-refractivity contribution is 5.92. The Hall–Kier alpha value is -2.95. The molecule has 0 aliphatic heterocycles. The first-order chi connectivity index (χ1) is 12.9. The number of aliphatic hydroxyl groups excluding tert-OH is 1. The number of hydrogen-bond acceptors (Lipinski definition) is 6. The average Bonchev–Trinajstić information content (AvgIpc) is 3.04. The summed E-state index contributed by atoms with van der Waals surface area (Å²) >= 11 is 0. The summed E-state index contributed by atoms with van der Waals surface area (Å²) in [7, 11) is 0. The van der Waals surface area contributed by atoms with E-state index in [1.54, 1.807) is 18.2 Å². The van der Waals surface area contributed by atoms with E-state index < -0.39 is 24.2 Å². The zero-order valence-corrected chi connectivity index (χ0v) is 14.0. The van der Waals surface area contributed by atoms with Crippen molar-refractivity contribution in [1.29, 1.82) is 0 Å². The molecule has 27 heavy (non-hydrogen) atoms. The fourth-order valence-electron chi connectivity index (χ4n) is 2.55. The molecule has 0 atom stereocenters. The molecule has 1 aromatic carbocycles. The topological polar surface area (TPSA) is 87.9 Å². The van der Waals surface area contributed by atoms with E-state index in [1.807, 2.05) is 0 Å². The molecule has 0 saturated heterocycles. The van der Waals surface area contributed by atoms with Crippen molar-refractivity contribution in [2.75, 3.05) is 30.5 Å². The van der Waals surface area contributed by atoms with Crippen LogP contribution >= 0.6 is 0 Å². The summed E-state index contributed by atoms with van der Waals surface area (Å²) in [4.78, 5) is 7.60. The van der Waals surface area contributed by atoms with E-state index >= 15 is 0 Å². The maximum absolute atomic E-state index is 13.1. The van der Waals surface area contributed by atoms with Crippen LogP contribution in [0.4, 0.5) is 35.0 Å². The smallest absolute Gasteiger partial charge is 0.395 e. The molecule has 7 nitrogen and oxygen atoms in total. The lowest BCUT2D eigenvalue weighted by Gasteiger charge is -2.14. The second kappa shape index (κ2) is 7.74. The number of nitrogens with zero attached hydrogens (tertiary/aromatic N) is 4. The third-order valence-corrected chi connectivity index (χ3v) is 3.73. The molecule has 0 amide bonds. The van der Waals surface area contributed by atoms with Crippen molar-refractivity contribution in [3.63, 3.8) is 0 Å². The molecule has 144 valence electrons. The van der Waals surface area contributed by atoms with Gasteiger partial charge < -0.3 is 15.7 Å². The van der Waals surface area contributed by atoms with Gasteiger partial charge in [0, 0.05) is 18.1 Å². The van der Waals surface area contributed by atoms with Crippen LogP contribution in [0.3, 0.4) is 0 Å². The van der Waals surface area contributed by atoms with Gasteiger partial charge in [-0.1, -0.05) is 6.07 Å². The largest absolute Gasteiger partial charge is 0.421 e. The Bertz CT molecular complexity index is 927. The molecule has 0 unspecified atom stereocenters. The number of hydrogen-bond donors (Lipinski definition) is 3. The molecular formula is C16H16F4N6O. The van der Waals surface area contributed by atoms with Crippen LogP contribution in [-0.4, -0.2) is 44.7 Å². The van der Waals surface area contributed by atoms with Crippen molar-refractivity contribution in [2.24, 2.45) is 0 Å². The summed E-state index contributed by atoms with van der Waals surface area (Å²) in [6, 6.07) is 5.15. The molecule has 0 aliphatic carbocycles. The first-order valence-electron chi connectivity index (χ1n) is 8.00. The summed E-state index contributed by atoms with van der Waals surface area (Å²) < 4.78 is 53.3. The molecule has 0 spiro atoms. The number of rotatable bonds is 7. The SMILES string of the molecule is OCCNc1nc(Nc2cccc3c2cnn3CCF)ncc1C(F)(F)F. The van der Waals surface area contributed by atoms with Gasteiger partial charge in [-0.25, -0.2) is 9.37 Å². The van der Waals surface area contributed by atoms with Crippen molar-refractivity contribution in [3.05, 3.63) is 36.2 Å². The van der Waals surface area contributed by atoms with Gasteiger partial charge in [0.1, 0.15) is 18.1 Å². The predicted molar refractivity (Wildman–Crippen MR) is 91.6 cm³/mol. The van der Waals surface area contributed by atoms with Crippen LogP contribution in [0.15, 0.2) is 30.6 Å². The molecule has 0 radical (unpaired) electrons. The molecule has 3 aromatic rings. The van der Waals surface area contributed by atoms with Gasteiger partial charge in [-0.05, 0) is 12.1 Å². The number of benzene rings is 1. The molecule has 0 saturated carbocycles. The lowest BCUT2D eigenvalue weighted by molar-refractivity contribution is -0.137. The zero-order chi connectivity index (χ0) is 19.4. The Morgan fingerprint density at radius 1 is 1.19 bits per heavy atom. The Morgan fingerprint density at radius 2 is 2.00 bits per heavy atom. The minimum Gasteiger partial charge on any atom is -0.395 e. The lowest BCUT2D eigenvalue weighted by atomic mass is 10.2. The van der Waals surface area contributed by atoms with Crippen molar-refractivity contribution in [1.82, 2.24) is 19.7 Å². The minimum absolute atomic E-state index is 0.0609. The molecular weight excluding hydrogens is 368 g/mol. The van der Waals surface area contributed by atoms with E-state index in [-0.39, 0.29) is 25.6 Å². The summed E-state index contributed by atoms with van der Waals surface area (Å²) in [5, 5.41) is 18.9. The van der Waals surface area contributed by atoms with Crippen molar-refractivity contribution < 1.29 is 22.7 Å². The van der Waals surface area contributed by atoms with Gasteiger partial charge in [0.2, 0.25) is 5.95 Å². The van der Waals surface area contributed by atoms with E-state index in [2.05, 4.69) is 25.7 Å². The van der Waals surface area contributed by atoms with Gasteiger partial charge in [-0.3, -0.25) is 4.68 Å². The van der Waals surface area contributed by atoms with E-state index in [9.17, 15) is 17.6 Å². The molecule has 2 aromatic heterocycles. The van der Waals surface area contributed by atoms with E-state index in [4.69, 9.17) is 5.11 Å². The fraction of sp³-hybridized carbons (Fsp3) is 0.312. The van der Waals surface area contributed by atoms with E-state index in [0.29, 0.717) is 22.8 Å². The van der Waals surface area contributed by atoms with Gasteiger partial charge >= 0.3 is 6.18 Å².